The van der Waals surface area contributed by atoms with Gasteiger partial charge in [0.25, 0.3) is 0 Å². The van der Waals surface area contributed by atoms with Crippen molar-refractivity contribution in [1.29, 1.82) is 0 Å². The molecule has 1 atom stereocenters. The molecule has 4 amide bonds. The molecule has 7 nitrogen and oxygen atoms in total. The molecule has 1 saturated heterocycles. The molecule has 0 bridgehead atoms. The van der Waals surface area contributed by atoms with Gasteiger partial charge in [0.2, 0.25) is 11.8 Å². The molecule has 0 aliphatic carbocycles. The Bertz CT molecular complexity index is 700. The van der Waals surface area contributed by atoms with Crippen LogP contribution in [0.5, 0.6) is 0 Å². The third kappa shape index (κ3) is 5.68. The third-order valence-electron chi connectivity index (χ3n) is 4.90. The number of rotatable bonds is 6. The van der Waals surface area contributed by atoms with Gasteiger partial charge < -0.3 is 20.0 Å². The number of halogens is 1. The molecule has 1 aliphatic heterocycles. The molecular weight excluding hydrogens is 363 g/mol. The van der Waals surface area contributed by atoms with Crippen LogP contribution in [0.25, 0.3) is 0 Å². The van der Waals surface area contributed by atoms with Crippen LogP contribution in [0.3, 0.4) is 0 Å². The highest BCUT2D eigenvalue weighted by atomic mass is 19.1. The summed E-state index contributed by atoms with van der Waals surface area (Å²) in [4.78, 5) is 42.1. The first-order chi connectivity index (χ1) is 13.3. The van der Waals surface area contributed by atoms with Gasteiger partial charge in [0.1, 0.15) is 11.9 Å². The number of amides is 4. The predicted molar refractivity (Wildman–Crippen MR) is 104 cm³/mol. The fourth-order valence-electron chi connectivity index (χ4n) is 3.38. The van der Waals surface area contributed by atoms with Gasteiger partial charge in [0, 0.05) is 52.6 Å². The lowest BCUT2D eigenvalue weighted by molar-refractivity contribution is -0.137. The number of piperazine rings is 1. The number of carbonyl (C=O) groups is 3. The summed E-state index contributed by atoms with van der Waals surface area (Å²) in [6.45, 7) is 8.24. The minimum atomic E-state index is -0.760. The Morgan fingerprint density at radius 1 is 1.11 bits per heavy atom. The summed E-state index contributed by atoms with van der Waals surface area (Å²) in [6.07, 6.45) is 0.217. The van der Waals surface area contributed by atoms with Gasteiger partial charge in [-0.15, -0.1) is 0 Å². The Morgan fingerprint density at radius 2 is 1.71 bits per heavy atom. The van der Waals surface area contributed by atoms with Gasteiger partial charge in [0.15, 0.2) is 0 Å². The summed E-state index contributed by atoms with van der Waals surface area (Å²) in [7, 11) is 0. The molecule has 1 N–H and O–H groups in total. The zero-order chi connectivity index (χ0) is 20.7. The quantitative estimate of drug-likeness (QED) is 0.797. The summed E-state index contributed by atoms with van der Waals surface area (Å²) in [5, 5.41) is 2.67. The van der Waals surface area contributed by atoms with E-state index in [0.717, 1.165) is 0 Å². The van der Waals surface area contributed by atoms with Crippen LogP contribution in [0.15, 0.2) is 24.3 Å². The maximum atomic E-state index is 13.5. The van der Waals surface area contributed by atoms with E-state index >= 15 is 0 Å². The van der Waals surface area contributed by atoms with Crippen LogP contribution in [0, 0.1) is 5.82 Å². The number of nitrogens with zero attached hydrogens (tertiary/aromatic N) is 3. The zero-order valence-electron chi connectivity index (χ0n) is 16.8. The van der Waals surface area contributed by atoms with Crippen molar-refractivity contribution >= 4 is 17.8 Å². The number of carbonyl (C=O) groups excluding carboxylic acids is 3. The van der Waals surface area contributed by atoms with E-state index in [1.54, 1.807) is 26.8 Å². The van der Waals surface area contributed by atoms with Gasteiger partial charge in [-0.25, -0.2) is 9.18 Å². The van der Waals surface area contributed by atoms with Crippen molar-refractivity contribution in [3.05, 3.63) is 35.6 Å². The Hall–Kier alpha value is -2.64. The zero-order valence-corrected chi connectivity index (χ0v) is 16.8. The Labute approximate surface area is 165 Å². The van der Waals surface area contributed by atoms with Crippen molar-refractivity contribution in [1.82, 2.24) is 20.0 Å². The first-order valence-corrected chi connectivity index (χ1v) is 9.69. The van der Waals surface area contributed by atoms with E-state index in [1.807, 2.05) is 13.8 Å². The molecule has 154 valence electrons. The lowest BCUT2D eigenvalue weighted by atomic mass is 10.0. The second-order valence-electron chi connectivity index (χ2n) is 6.85. The van der Waals surface area contributed by atoms with E-state index in [-0.39, 0.29) is 30.1 Å². The largest absolute Gasteiger partial charge is 0.344 e. The van der Waals surface area contributed by atoms with Crippen molar-refractivity contribution < 1.29 is 18.8 Å². The van der Waals surface area contributed by atoms with Crippen molar-refractivity contribution in [3.63, 3.8) is 0 Å². The van der Waals surface area contributed by atoms with Crippen LogP contribution >= 0.6 is 0 Å². The normalized spacial score (nSPS) is 15.1. The first kappa shape index (κ1) is 21.7. The molecule has 0 spiro atoms. The highest BCUT2D eigenvalue weighted by molar-refractivity contribution is 5.87. The second-order valence-corrected chi connectivity index (χ2v) is 6.85. The third-order valence-corrected chi connectivity index (χ3v) is 4.90. The molecule has 1 aliphatic rings. The highest BCUT2D eigenvalue weighted by Gasteiger charge is 2.30. The van der Waals surface area contributed by atoms with Crippen LogP contribution in [0.2, 0.25) is 0 Å². The van der Waals surface area contributed by atoms with E-state index < -0.39 is 6.04 Å². The van der Waals surface area contributed by atoms with Crippen molar-refractivity contribution in [2.24, 2.45) is 0 Å². The molecule has 28 heavy (non-hydrogen) atoms. The Kier molecular flexibility index (Phi) is 7.78. The van der Waals surface area contributed by atoms with Crippen molar-refractivity contribution in [2.75, 3.05) is 39.3 Å². The lowest BCUT2D eigenvalue weighted by Gasteiger charge is -2.38. The molecule has 1 fully saturated rings. The van der Waals surface area contributed by atoms with Crippen molar-refractivity contribution in [2.45, 2.75) is 33.2 Å². The number of nitrogens with one attached hydrogen (secondary N) is 1. The molecule has 0 saturated carbocycles. The molecule has 8 heteroatoms. The summed E-state index contributed by atoms with van der Waals surface area (Å²) >= 11 is 0. The van der Waals surface area contributed by atoms with Crippen molar-refractivity contribution in [3.8, 4) is 0 Å². The standard InChI is InChI=1S/C20H29FN4O3/c1-4-23(5-2)20(28)25-11-9-24(10-12-25)19(27)18(22-15(3)26)14-16-7-6-8-17(21)13-16/h6-8,13,18H,4-5,9-12,14H2,1-3H3,(H,22,26). The van der Waals surface area contributed by atoms with Crippen LogP contribution in [-0.4, -0.2) is 77.9 Å². The minimum Gasteiger partial charge on any atom is -0.344 e. The van der Waals surface area contributed by atoms with Gasteiger partial charge in [-0.2, -0.15) is 0 Å². The van der Waals surface area contributed by atoms with E-state index in [0.29, 0.717) is 44.8 Å². The Balaban J connectivity index is 2.01. The highest BCUT2D eigenvalue weighted by Crippen LogP contribution is 2.12. The second kappa shape index (κ2) is 10.1. The molecular formula is C20H29FN4O3. The molecule has 1 aromatic rings. The van der Waals surface area contributed by atoms with Crippen LogP contribution in [0.1, 0.15) is 26.3 Å². The monoisotopic (exact) mass is 392 g/mol. The van der Waals surface area contributed by atoms with E-state index in [2.05, 4.69) is 5.32 Å². The fourth-order valence-corrected chi connectivity index (χ4v) is 3.38. The molecule has 2 rings (SSSR count). The molecule has 0 radical (unpaired) electrons. The van der Waals surface area contributed by atoms with Crippen LogP contribution in [0.4, 0.5) is 9.18 Å². The van der Waals surface area contributed by atoms with E-state index in [4.69, 9.17) is 0 Å². The van der Waals surface area contributed by atoms with Crippen LogP contribution < -0.4 is 5.32 Å². The number of hydrogen-bond donors (Lipinski definition) is 1. The Morgan fingerprint density at radius 3 is 2.25 bits per heavy atom. The average molecular weight is 392 g/mol. The van der Waals surface area contributed by atoms with Gasteiger partial charge >= 0.3 is 6.03 Å². The fraction of sp³-hybridized carbons (Fsp3) is 0.550. The predicted octanol–water partition coefficient (Wildman–Crippen LogP) is 1.48. The number of hydrogen-bond acceptors (Lipinski definition) is 3. The number of urea groups is 1. The summed E-state index contributed by atoms with van der Waals surface area (Å²) in [5.41, 5.74) is 0.641. The summed E-state index contributed by atoms with van der Waals surface area (Å²) in [5.74, 6) is -0.908. The maximum absolute atomic E-state index is 13.5. The average Bonchev–Trinajstić information content (AvgIpc) is 2.67. The minimum absolute atomic E-state index is 0.0183. The summed E-state index contributed by atoms with van der Waals surface area (Å²) < 4.78 is 13.5. The molecule has 1 unspecified atom stereocenters. The van der Waals surface area contributed by atoms with Gasteiger partial charge in [-0.05, 0) is 31.5 Å². The van der Waals surface area contributed by atoms with Gasteiger partial charge in [-0.3, -0.25) is 9.59 Å². The molecule has 0 aromatic heterocycles. The van der Waals surface area contributed by atoms with E-state index in [1.165, 1.54) is 19.1 Å². The van der Waals surface area contributed by atoms with E-state index in [9.17, 15) is 18.8 Å². The first-order valence-electron chi connectivity index (χ1n) is 9.69. The molecule has 1 heterocycles. The topological polar surface area (TPSA) is 73.0 Å². The van der Waals surface area contributed by atoms with Gasteiger partial charge in [-0.1, -0.05) is 12.1 Å². The molecule has 1 aromatic carbocycles. The van der Waals surface area contributed by atoms with Crippen LogP contribution in [-0.2, 0) is 16.0 Å². The number of benzene rings is 1. The smallest absolute Gasteiger partial charge is 0.320 e. The maximum Gasteiger partial charge on any atom is 0.320 e. The SMILES string of the molecule is CCN(CC)C(=O)N1CCN(C(=O)C(Cc2cccc(F)c2)NC(C)=O)CC1. The lowest BCUT2D eigenvalue weighted by Crippen LogP contribution is -2.57. The van der Waals surface area contributed by atoms with Gasteiger partial charge in [0.05, 0.1) is 0 Å². The summed E-state index contributed by atoms with van der Waals surface area (Å²) in [6, 6.07) is 5.23.